The number of halogens is 3. The van der Waals surface area contributed by atoms with Crippen LogP contribution in [-0.4, -0.2) is 10.9 Å². The first-order valence-corrected chi connectivity index (χ1v) is 7.39. The van der Waals surface area contributed by atoms with Gasteiger partial charge in [0.25, 0.3) is 0 Å². The first-order chi connectivity index (χ1) is 10.1. The quantitative estimate of drug-likeness (QED) is 0.581. The average Bonchev–Trinajstić information content (AvgIpc) is 2.79. The van der Waals surface area contributed by atoms with Gasteiger partial charge in [-0.2, -0.15) is 0 Å². The van der Waals surface area contributed by atoms with E-state index in [9.17, 15) is 4.79 Å². The van der Waals surface area contributed by atoms with Crippen molar-refractivity contribution < 1.29 is 4.79 Å². The average molecular weight is 339 g/mol. The normalized spacial score (nSPS) is 11.0. The third kappa shape index (κ3) is 2.80. The Morgan fingerprint density at radius 3 is 2.43 bits per heavy atom. The Morgan fingerprint density at radius 2 is 1.71 bits per heavy atom. The molecule has 0 bridgehead atoms. The van der Waals surface area contributed by atoms with Gasteiger partial charge in [-0.25, -0.2) is 0 Å². The van der Waals surface area contributed by atoms with Gasteiger partial charge in [0.05, 0.1) is 5.52 Å². The molecule has 5 heteroatoms. The highest BCUT2D eigenvalue weighted by Crippen LogP contribution is 2.27. The molecule has 0 radical (unpaired) electrons. The fraction of sp³-hybridized carbons (Fsp3) is 0.0625. The van der Waals surface area contributed by atoms with E-state index in [2.05, 4.69) is 0 Å². The topological polar surface area (TPSA) is 22.0 Å². The monoisotopic (exact) mass is 337 g/mol. The van der Waals surface area contributed by atoms with Crippen LogP contribution in [0.1, 0.15) is 15.9 Å². The summed E-state index contributed by atoms with van der Waals surface area (Å²) in [5.41, 5.74) is 2.46. The highest BCUT2D eigenvalue weighted by atomic mass is 35.5. The summed E-state index contributed by atoms with van der Waals surface area (Å²) in [5, 5.41) is 2.69. The number of hydrogen-bond donors (Lipinski definition) is 0. The summed E-state index contributed by atoms with van der Waals surface area (Å²) in [7, 11) is 0. The Bertz CT molecular complexity index is 839. The molecule has 2 aromatic carbocycles. The van der Waals surface area contributed by atoms with Crippen LogP contribution in [0.3, 0.4) is 0 Å². The van der Waals surface area contributed by atoms with Crippen LogP contribution in [0, 0.1) is 0 Å². The summed E-state index contributed by atoms with van der Waals surface area (Å²) in [6.07, 6.45) is 2.65. The van der Waals surface area contributed by atoms with Crippen LogP contribution in [0.5, 0.6) is 0 Å². The summed E-state index contributed by atoms with van der Waals surface area (Å²) in [5.74, 6) is 0. The minimum absolute atomic E-state index is 0.542. The second-order valence-electron chi connectivity index (χ2n) is 4.73. The number of carbonyl (C=O) groups excluding carboxylic acids is 1. The van der Waals surface area contributed by atoms with Crippen LogP contribution in [0.15, 0.2) is 42.6 Å². The standard InChI is InChI=1S/C16H10Cl3NO/c17-12-2-1-10(15(19)5-12)7-20-8-11(9-21)14-4-3-13(18)6-16(14)20/h1-6,8-9H,7H2. The molecule has 2 nitrogen and oxygen atoms in total. The van der Waals surface area contributed by atoms with Gasteiger partial charge in [0.1, 0.15) is 0 Å². The molecule has 1 aromatic heterocycles. The molecule has 3 rings (SSSR count). The number of benzene rings is 2. The molecular formula is C16H10Cl3NO. The predicted molar refractivity (Wildman–Crippen MR) is 87.9 cm³/mol. The van der Waals surface area contributed by atoms with Gasteiger partial charge in [-0.15, -0.1) is 0 Å². The van der Waals surface area contributed by atoms with E-state index in [4.69, 9.17) is 34.8 Å². The smallest absolute Gasteiger partial charge is 0.152 e. The fourth-order valence-electron chi connectivity index (χ4n) is 2.35. The van der Waals surface area contributed by atoms with E-state index in [0.29, 0.717) is 27.2 Å². The Morgan fingerprint density at radius 1 is 1.00 bits per heavy atom. The van der Waals surface area contributed by atoms with Crippen LogP contribution in [-0.2, 0) is 6.54 Å². The van der Waals surface area contributed by atoms with Crippen molar-refractivity contribution in [3.8, 4) is 0 Å². The Labute approximate surface area is 136 Å². The van der Waals surface area contributed by atoms with E-state index in [1.54, 1.807) is 24.4 Å². The minimum Gasteiger partial charge on any atom is -0.342 e. The van der Waals surface area contributed by atoms with E-state index in [1.807, 2.05) is 22.8 Å². The maximum absolute atomic E-state index is 11.2. The summed E-state index contributed by atoms with van der Waals surface area (Å²) in [4.78, 5) is 11.2. The highest BCUT2D eigenvalue weighted by molar-refractivity contribution is 6.35. The number of aromatic nitrogens is 1. The van der Waals surface area contributed by atoms with E-state index < -0.39 is 0 Å². The zero-order valence-electron chi connectivity index (χ0n) is 10.8. The summed E-state index contributed by atoms with van der Waals surface area (Å²) in [6, 6.07) is 10.8. The second-order valence-corrected chi connectivity index (χ2v) is 6.01. The van der Waals surface area contributed by atoms with Gasteiger partial charge >= 0.3 is 0 Å². The third-order valence-corrected chi connectivity index (χ3v) is 4.18. The van der Waals surface area contributed by atoms with Crippen molar-refractivity contribution in [1.82, 2.24) is 4.57 Å². The van der Waals surface area contributed by atoms with Crippen molar-refractivity contribution in [2.24, 2.45) is 0 Å². The molecule has 0 aliphatic heterocycles. The van der Waals surface area contributed by atoms with Crippen molar-refractivity contribution in [1.29, 1.82) is 0 Å². The SMILES string of the molecule is O=Cc1cn(Cc2ccc(Cl)cc2Cl)c2cc(Cl)ccc12. The van der Waals surface area contributed by atoms with Gasteiger partial charge in [0.15, 0.2) is 6.29 Å². The van der Waals surface area contributed by atoms with Crippen molar-refractivity contribution in [2.45, 2.75) is 6.54 Å². The summed E-state index contributed by atoms with van der Waals surface area (Å²) in [6.45, 7) is 0.542. The van der Waals surface area contributed by atoms with Crippen LogP contribution in [0.25, 0.3) is 10.9 Å². The summed E-state index contributed by atoms with van der Waals surface area (Å²) < 4.78 is 1.96. The first kappa shape index (κ1) is 14.5. The largest absolute Gasteiger partial charge is 0.342 e. The van der Waals surface area contributed by atoms with Gasteiger partial charge < -0.3 is 4.57 Å². The molecule has 3 aromatic rings. The number of nitrogens with zero attached hydrogens (tertiary/aromatic N) is 1. The maximum Gasteiger partial charge on any atom is 0.152 e. The first-order valence-electron chi connectivity index (χ1n) is 6.26. The van der Waals surface area contributed by atoms with Crippen molar-refractivity contribution >= 4 is 52.0 Å². The Balaban J connectivity index is 2.11. The van der Waals surface area contributed by atoms with Gasteiger partial charge in [0.2, 0.25) is 0 Å². The molecule has 0 N–H and O–H groups in total. The lowest BCUT2D eigenvalue weighted by Gasteiger charge is -2.08. The molecule has 0 atom stereocenters. The molecule has 0 saturated heterocycles. The highest BCUT2D eigenvalue weighted by Gasteiger charge is 2.10. The molecule has 0 saturated carbocycles. The lowest BCUT2D eigenvalue weighted by Crippen LogP contribution is -1.98. The molecule has 106 valence electrons. The van der Waals surface area contributed by atoms with E-state index >= 15 is 0 Å². The molecule has 0 aliphatic carbocycles. The van der Waals surface area contributed by atoms with Crippen LogP contribution < -0.4 is 0 Å². The van der Waals surface area contributed by atoms with E-state index in [1.165, 1.54) is 0 Å². The second kappa shape index (κ2) is 5.72. The molecular weight excluding hydrogens is 329 g/mol. The van der Waals surface area contributed by atoms with Crippen LogP contribution in [0.4, 0.5) is 0 Å². The van der Waals surface area contributed by atoms with E-state index in [-0.39, 0.29) is 0 Å². The summed E-state index contributed by atoms with van der Waals surface area (Å²) >= 11 is 18.2. The number of carbonyl (C=O) groups is 1. The van der Waals surface area contributed by atoms with Gasteiger partial charge in [-0.05, 0) is 29.8 Å². The van der Waals surface area contributed by atoms with Crippen molar-refractivity contribution in [3.05, 3.63) is 68.8 Å². The van der Waals surface area contributed by atoms with Crippen LogP contribution in [0.2, 0.25) is 15.1 Å². The maximum atomic E-state index is 11.2. The Kier molecular flexibility index (Phi) is 3.94. The Hall–Kier alpha value is -1.48. The molecule has 0 spiro atoms. The molecule has 0 aliphatic rings. The zero-order valence-corrected chi connectivity index (χ0v) is 13.1. The number of aldehydes is 1. The molecule has 0 unspecified atom stereocenters. The molecule has 0 amide bonds. The number of fused-ring (bicyclic) bond motifs is 1. The molecule has 1 heterocycles. The van der Waals surface area contributed by atoms with Crippen LogP contribution >= 0.6 is 34.8 Å². The lowest BCUT2D eigenvalue weighted by molar-refractivity contribution is 0.112. The number of hydrogen-bond acceptors (Lipinski definition) is 1. The van der Waals surface area contributed by atoms with Crippen molar-refractivity contribution in [3.63, 3.8) is 0 Å². The van der Waals surface area contributed by atoms with Gasteiger partial charge in [-0.3, -0.25) is 4.79 Å². The fourth-order valence-corrected chi connectivity index (χ4v) is 2.99. The van der Waals surface area contributed by atoms with Gasteiger partial charge in [0, 0.05) is 38.8 Å². The minimum atomic E-state index is 0.542. The van der Waals surface area contributed by atoms with Crippen molar-refractivity contribution in [2.75, 3.05) is 0 Å². The number of rotatable bonds is 3. The zero-order chi connectivity index (χ0) is 15.0. The van der Waals surface area contributed by atoms with E-state index in [0.717, 1.165) is 22.8 Å². The predicted octanol–water partition coefficient (Wildman–Crippen LogP) is 5.46. The van der Waals surface area contributed by atoms with Gasteiger partial charge in [-0.1, -0.05) is 46.9 Å². The lowest BCUT2D eigenvalue weighted by atomic mass is 10.2. The molecule has 21 heavy (non-hydrogen) atoms. The third-order valence-electron chi connectivity index (χ3n) is 3.36. The molecule has 0 fully saturated rings.